The summed E-state index contributed by atoms with van der Waals surface area (Å²) in [4.78, 5) is 3.50. The van der Waals surface area contributed by atoms with Crippen LogP contribution in [-0.4, -0.2) is 18.7 Å². The second kappa shape index (κ2) is 5.73. The summed E-state index contributed by atoms with van der Waals surface area (Å²) < 4.78 is 0. The molecule has 0 aromatic heterocycles. The highest BCUT2D eigenvalue weighted by Gasteiger charge is 2.11. The molecule has 0 bridgehead atoms. The SMILES string of the molecule is C=NC(=N)NC(C)CC(C)C(C)C. The highest BCUT2D eigenvalue weighted by atomic mass is 15.1. The van der Waals surface area contributed by atoms with Gasteiger partial charge in [-0.1, -0.05) is 20.8 Å². The number of hydrogen-bond donors (Lipinski definition) is 2. The van der Waals surface area contributed by atoms with Gasteiger partial charge in [-0.05, 0) is 31.9 Å². The molecule has 2 atom stereocenters. The zero-order chi connectivity index (χ0) is 10.4. The van der Waals surface area contributed by atoms with E-state index in [0.29, 0.717) is 17.9 Å². The van der Waals surface area contributed by atoms with Gasteiger partial charge in [0.25, 0.3) is 0 Å². The number of guanidine groups is 1. The van der Waals surface area contributed by atoms with Gasteiger partial charge in [-0.25, -0.2) is 4.99 Å². The predicted octanol–water partition coefficient (Wildman–Crippen LogP) is 2.28. The maximum Gasteiger partial charge on any atom is 0.214 e. The van der Waals surface area contributed by atoms with Crippen molar-refractivity contribution in [3.05, 3.63) is 0 Å². The van der Waals surface area contributed by atoms with Crippen LogP contribution in [0.25, 0.3) is 0 Å². The Labute approximate surface area is 81.2 Å². The van der Waals surface area contributed by atoms with Crippen molar-refractivity contribution in [1.29, 1.82) is 5.41 Å². The number of hydrogen-bond acceptors (Lipinski definition) is 1. The average molecular weight is 183 g/mol. The van der Waals surface area contributed by atoms with Crippen LogP contribution < -0.4 is 5.32 Å². The van der Waals surface area contributed by atoms with Crippen LogP contribution in [0.4, 0.5) is 0 Å². The molecule has 3 heteroatoms. The van der Waals surface area contributed by atoms with Crippen molar-refractivity contribution < 1.29 is 0 Å². The lowest BCUT2D eigenvalue weighted by atomic mass is 9.92. The van der Waals surface area contributed by atoms with Gasteiger partial charge in [0.1, 0.15) is 0 Å². The molecule has 0 aromatic carbocycles. The summed E-state index contributed by atoms with van der Waals surface area (Å²) >= 11 is 0. The van der Waals surface area contributed by atoms with Crippen LogP contribution in [0.5, 0.6) is 0 Å². The van der Waals surface area contributed by atoms with E-state index in [-0.39, 0.29) is 5.96 Å². The van der Waals surface area contributed by atoms with Crippen LogP contribution in [0.15, 0.2) is 4.99 Å². The third kappa shape index (κ3) is 5.39. The largest absolute Gasteiger partial charge is 0.352 e. The van der Waals surface area contributed by atoms with Crippen molar-refractivity contribution in [3.8, 4) is 0 Å². The maximum atomic E-state index is 7.28. The zero-order valence-corrected chi connectivity index (χ0v) is 9.09. The minimum atomic E-state index is 0.170. The molecule has 2 unspecified atom stereocenters. The minimum absolute atomic E-state index is 0.170. The third-order valence-corrected chi connectivity index (χ3v) is 2.40. The predicted molar refractivity (Wildman–Crippen MR) is 58.5 cm³/mol. The number of nitrogens with one attached hydrogen (secondary N) is 2. The van der Waals surface area contributed by atoms with Crippen LogP contribution in [-0.2, 0) is 0 Å². The molecule has 2 N–H and O–H groups in total. The summed E-state index contributed by atoms with van der Waals surface area (Å²) in [5, 5.41) is 10.2. The Morgan fingerprint density at radius 2 is 1.92 bits per heavy atom. The van der Waals surface area contributed by atoms with Gasteiger partial charge in [0.05, 0.1) is 0 Å². The minimum Gasteiger partial charge on any atom is -0.352 e. The van der Waals surface area contributed by atoms with E-state index in [2.05, 4.69) is 44.7 Å². The molecule has 0 heterocycles. The van der Waals surface area contributed by atoms with Crippen LogP contribution >= 0.6 is 0 Å². The Morgan fingerprint density at radius 1 is 1.38 bits per heavy atom. The van der Waals surface area contributed by atoms with Crippen LogP contribution in [0.2, 0.25) is 0 Å². The Bertz CT molecular complexity index is 175. The van der Waals surface area contributed by atoms with Gasteiger partial charge >= 0.3 is 0 Å². The van der Waals surface area contributed by atoms with Gasteiger partial charge in [0.15, 0.2) is 0 Å². The van der Waals surface area contributed by atoms with E-state index in [1.54, 1.807) is 0 Å². The third-order valence-electron chi connectivity index (χ3n) is 2.40. The Kier molecular flexibility index (Phi) is 5.35. The van der Waals surface area contributed by atoms with Crippen molar-refractivity contribution in [2.75, 3.05) is 0 Å². The maximum absolute atomic E-state index is 7.28. The average Bonchev–Trinajstić information content (AvgIpc) is 2.03. The molecule has 0 aliphatic carbocycles. The molecular weight excluding hydrogens is 162 g/mol. The molecule has 0 fully saturated rings. The van der Waals surface area contributed by atoms with Crippen LogP contribution in [0.1, 0.15) is 34.1 Å². The second-order valence-electron chi connectivity index (χ2n) is 4.01. The standard InChI is InChI=1S/C10H21N3/c1-7(2)8(3)6-9(4)13-10(11)12-5/h7-9H,5-6H2,1-4H3,(H2,11,13). The van der Waals surface area contributed by atoms with Crippen LogP contribution in [0, 0.1) is 17.2 Å². The lowest BCUT2D eigenvalue weighted by Gasteiger charge is -2.21. The van der Waals surface area contributed by atoms with E-state index in [9.17, 15) is 0 Å². The lowest BCUT2D eigenvalue weighted by molar-refractivity contribution is 0.357. The van der Waals surface area contributed by atoms with Crippen LogP contribution in [0.3, 0.4) is 0 Å². The number of aliphatic imine (C=N–C) groups is 1. The van der Waals surface area contributed by atoms with Gasteiger partial charge in [0, 0.05) is 6.04 Å². The second-order valence-corrected chi connectivity index (χ2v) is 4.01. The van der Waals surface area contributed by atoms with E-state index in [0.717, 1.165) is 6.42 Å². The molecule has 0 saturated heterocycles. The monoisotopic (exact) mass is 183 g/mol. The highest BCUT2D eigenvalue weighted by molar-refractivity contribution is 5.81. The first-order valence-electron chi connectivity index (χ1n) is 4.79. The van der Waals surface area contributed by atoms with E-state index in [1.165, 1.54) is 0 Å². The summed E-state index contributed by atoms with van der Waals surface area (Å²) in [6, 6.07) is 0.301. The first kappa shape index (κ1) is 12.1. The zero-order valence-electron chi connectivity index (χ0n) is 9.09. The Balaban J connectivity index is 3.79. The van der Waals surface area contributed by atoms with E-state index >= 15 is 0 Å². The first-order chi connectivity index (χ1) is 5.97. The van der Waals surface area contributed by atoms with E-state index in [1.807, 2.05) is 0 Å². The van der Waals surface area contributed by atoms with Gasteiger partial charge in [-0.15, -0.1) is 0 Å². The summed E-state index contributed by atoms with van der Waals surface area (Å²) in [6.45, 7) is 12.0. The highest BCUT2D eigenvalue weighted by Crippen LogP contribution is 2.15. The quantitative estimate of drug-likeness (QED) is 0.510. The smallest absolute Gasteiger partial charge is 0.214 e. The van der Waals surface area contributed by atoms with Gasteiger partial charge in [-0.3, -0.25) is 5.41 Å². The van der Waals surface area contributed by atoms with Crippen molar-refractivity contribution >= 4 is 12.7 Å². The normalized spacial score (nSPS) is 15.2. The number of rotatable bonds is 4. The fraction of sp³-hybridized carbons (Fsp3) is 0.800. The molecule has 0 aliphatic heterocycles. The van der Waals surface area contributed by atoms with E-state index in [4.69, 9.17) is 5.41 Å². The molecule has 0 rings (SSSR count). The Morgan fingerprint density at radius 3 is 2.31 bits per heavy atom. The van der Waals surface area contributed by atoms with Crippen molar-refractivity contribution in [3.63, 3.8) is 0 Å². The summed E-state index contributed by atoms with van der Waals surface area (Å²) in [7, 11) is 0. The molecule has 0 aromatic rings. The molecular formula is C10H21N3. The molecule has 0 saturated carbocycles. The number of nitrogens with zero attached hydrogens (tertiary/aromatic N) is 1. The van der Waals surface area contributed by atoms with Gasteiger partial charge < -0.3 is 5.32 Å². The molecule has 13 heavy (non-hydrogen) atoms. The van der Waals surface area contributed by atoms with Crippen molar-refractivity contribution in [2.24, 2.45) is 16.8 Å². The first-order valence-corrected chi connectivity index (χ1v) is 4.79. The lowest BCUT2D eigenvalue weighted by Crippen LogP contribution is -2.32. The summed E-state index contributed by atoms with van der Waals surface area (Å²) in [5.74, 6) is 1.53. The van der Waals surface area contributed by atoms with E-state index < -0.39 is 0 Å². The molecule has 0 radical (unpaired) electrons. The molecule has 0 amide bonds. The fourth-order valence-corrected chi connectivity index (χ4v) is 1.17. The molecule has 0 spiro atoms. The van der Waals surface area contributed by atoms with Crippen molar-refractivity contribution in [2.45, 2.75) is 40.2 Å². The summed E-state index contributed by atoms with van der Waals surface area (Å²) in [6.07, 6.45) is 1.07. The molecule has 3 nitrogen and oxygen atoms in total. The van der Waals surface area contributed by atoms with Gasteiger partial charge in [-0.2, -0.15) is 0 Å². The topological polar surface area (TPSA) is 48.2 Å². The Hall–Kier alpha value is -0.860. The molecule has 76 valence electrons. The van der Waals surface area contributed by atoms with Gasteiger partial charge in [0.2, 0.25) is 5.96 Å². The summed E-state index contributed by atoms with van der Waals surface area (Å²) in [5.41, 5.74) is 0. The molecule has 0 aliphatic rings. The fourth-order valence-electron chi connectivity index (χ4n) is 1.17. The van der Waals surface area contributed by atoms with Crippen molar-refractivity contribution in [1.82, 2.24) is 5.32 Å².